The Morgan fingerprint density at radius 3 is 2.52 bits per heavy atom. The minimum Gasteiger partial charge on any atom is -0.442 e. The van der Waals surface area contributed by atoms with E-state index in [0.29, 0.717) is 18.8 Å². The van der Waals surface area contributed by atoms with E-state index < -0.39 is 35.5 Å². The molecule has 3 amide bonds. The van der Waals surface area contributed by atoms with Crippen molar-refractivity contribution >= 4 is 23.6 Å². The van der Waals surface area contributed by atoms with Gasteiger partial charge < -0.3 is 15.0 Å². The molecule has 2 fully saturated rings. The second kappa shape index (κ2) is 8.46. The summed E-state index contributed by atoms with van der Waals surface area (Å²) >= 11 is 0. The molecule has 7 nitrogen and oxygen atoms in total. The van der Waals surface area contributed by atoms with Crippen molar-refractivity contribution in [1.82, 2.24) is 10.6 Å². The van der Waals surface area contributed by atoms with Crippen LogP contribution >= 0.6 is 0 Å². The number of piperidine rings is 1. The molecule has 172 valence electrons. The highest BCUT2D eigenvalue weighted by Crippen LogP contribution is 2.34. The molecule has 3 aliphatic rings. The molecule has 2 N–H and O–H groups in total. The van der Waals surface area contributed by atoms with Crippen LogP contribution in [-0.2, 0) is 20.7 Å². The normalized spacial score (nSPS) is 22.4. The fourth-order valence-electron chi connectivity index (χ4n) is 4.81. The van der Waals surface area contributed by atoms with Crippen molar-refractivity contribution in [3.63, 3.8) is 0 Å². The summed E-state index contributed by atoms with van der Waals surface area (Å²) < 4.78 is 34.9. The third-order valence-electron chi connectivity index (χ3n) is 6.56. The number of amides is 3. The molecule has 0 bridgehead atoms. The Morgan fingerprint density at radius 2 is 1.79 bits per heavy atom. The van der Waals surface area contributed by atoms with Gasteiger partial charge in [-0.1, -0.05) is 24.3 Å². The Kier molecular flexibility index (Phi) is 5.47. The number of halogens is 2. The number of alkyl carbamates (subject to hydrolysis) is 1. The molecule has 0 saturated carbocycles. The van der Waals surface area contributed by atoms with Crippen LogP contribution in [0.1, 0.15) is 47.9 Å². The maximum Gasteiger partial charge on any atom is 0.408 e. The Balaban J connectivity index is 1.17. The lowest BCUT2D eigenvalue weighted by molar-refractivity contribution is -0.134. The minimum atomic E-state index is -1.03. The zero-order chi connectivity index (χ0) is 23.1. The minimum absolute atomic E-state index is 0.0384. The highest BCUT2D eigenvalue weighted by molar-refractivity contribution is 6.01. The first-order valence-electron chi connectivity index (χ1n) is 11.0. The van der Waals surface area contributed by atoms with Gasteiger partial charge in [-0.25, -0.2) is 13.6 Å². The molecule has 2 heterocycles. The molecular weight excluding hydrogens is 432 g/mol. The van der Waals surface area contributed by atoms with Crippen LogP contribution in [0.3, 0.4) is 0 Å². The third kappa shape index (κ3) is 4.15. The van der Waals surface area contributed by atoms with E-state index in [1.54, 1.807) is 4.90 Å². The topological polar surface area (TPSA) is 87.7 Å². The molecule has 1 unspecified atom stereocenters. The zero-order valence-electron chi connectivity index (χ0n) is 17.8. The quantitative estimate of drug-likeness (QED) is 0.692. The van der Waals surface area contributed by atoms with Gasteiger partial charge in [0, 0.05) is 17.7 Å². The van der Waals surface area contributed by atoms with E-state index in [2.05, 4.69) is 16.7 Å². The van der Waals surface area contributed by atoms with Gasteiger partial charge in [-0.3, -0.25) is 14.9 Å². The zero-order valence-corrected chi connectivity index (χ0v) is 17.8. The number of anilines is 1. The SMILES string of the molecule is O=C1CCC(c2c(F)cc(N3CC(OC(=O)N[C@@H]4CCc5ccccc54)C3)cc2F)C(=O)N1. The van der Waals surface area contributed by atoms with Crippen molar-refractivity contribution in [3.05, 3.63) is 64.7 Å². The van der Waals surface area contributed by atoms with E-state index in [1.807, 2.05) is 18.2 Å². The lowest BCUT2D eigenvalue weighted by atomic mass is 9.89. The summed E-state index contributed by atoms with van der Waals surface area (Å²) in [7, 11) is 0. The van der Waals surface area contributed by atoms with Gasteiger partial charge in [0.25, 0.3) is 0 Å². The van der Waals surface area contributed by atoms with E-state index in [9.17, 15) is 23.2 Å². The molecule has 0 aromatic heterocycles. The predicted octanol–water partition coefficient (Wildman–Crippen LogP) is 3.09. The van der Waals surface area contributed by atoms with Gasteiger partial charge in [0.1, 0.15) is 17.7 Å². The van der Waals surface area contributed by atoms with Gasteiger partial charge in [0.2, 0.25) is 11.8 Å². The molecule has 2 aromatic carbocycles. The summed E-state index contributed by atoms with van der Waals surface area (Å²) in [6.45, 7) is 0.622. The largest absolute Gasteiger partial charge is 0.442 e. The monoisotopic (exact) mass is 455 g/mol. The van der Waals surface area contributed by atoms with Crippen molar-refractivity contribution in [2.24, 2.45) is 0 Å². The number of carbonyl (C=O) groups excluding carboxylic acids is 3. The van der Waals surface area contributed by atoms with Crippen LogP contribution in [-0.4, -0.2) is 37.1 Å². The van der Waals surface area contributed by atoms with E-state index in [1.165, 1.54) is 17.7 Å². The highest BCUT2D eigenvalue weighted by Gasteiger charge is 2.35. The van der Waals surface area contributed by atoms with E-state index in [0.717, 1.165) is 18.4 Å². The maximum atomic E-state index is 14.7. The standard InChI is InChI=1S/C24H23F2N3O4/c25-18-9-14(10-19(26)22(18)17-6-8-21(30)28-23(17)31)29-11-15(12-29)33-24(32)27-20-7-5-13-3-1-2-4-16(13)20/h1-4,9-10,15,17,20H,5-8,11-12H2,(H,27,32)(H,28,30,31)/t17?,20-/m1/s1. The van der Waals surface area contributed by atoms with E-state index in [-0.39, 0.29) is 30.6 Å². The Morgan fingerprint density at radius 1 is 1.06 bits per heavy atom. The Bertz CT molecular complexity index is 1110. The van der Waals surface area contributed by atoms with Crippen LogP contribution in [0.15, 0.2) is 36.4 Å². The number of aryl methyl sites for hydroxylation is 1. The summed E-state index contributed by atoms with van der Waals surface area (Å²) in [5.41, 5.74) is 2.31. The average molecular weight is 455 g/mol. The molecular formula is C24H23F2N3O4. The maximum absolute atomic E-state index is 14.7. The van der Waals surface area contributed by atoms with E-state index in [4.69, 9.17) is 4.74 Å². The summed E-state index contributed by atoms with van der Waals surface area (Å²) in [5, 5.41) is 5.02. The van der Waals surface area contributed by atoms with Crippen molar-refractivity contribution in [2.75, 3.05) is 18.0 Å². The molecule has 1 aliphatic carbocycles. The number of hydrogen-bond donors (Lipinski definition) is 2. The van der Waals surface area contributed by atoms with Crippen LogP contribution in [0.25, 0.3) is 0 Å². The molecule has 33 heavy (non-hydrogen) atoms. The smallest absolute Gasteiger partial charge is 0.408 e. The molecule has 2 aromatic rings. The molecule has 2 saturated heterocycles. The van der Waals surface area contributed by atoms with Crippen molar-refractivity contribution in [1.29, 1.82) is 0 Å². The number of ether oxygens (including phenoxy) is 1. The molecule has 0 spiro atoms. The number of nitrogens with zero attached hydrogens (tertiary/aromatic N) is 1. The summed E-state index contributed by atoms with van der Waals surface area (Å²) in [4.78, 5) is 37.3. The molecule has 0 radical (unpaired) electrons. The highest BCUT2D eigenvalue weighted by atomic mass is 19.1. The summed E-state index contributed by atoms with van der Waals surface area (Å²) in [5.74, 6) is -3.83. The van der Waals surface area contributed by atoms with Gasteiger partial charge in [-0.15, -0.1) is 0 Å². The van der Waals surface area contributed by atoms with Crippen LogP contribution in [0.2, 0.25) is 0 Å². The summed E-state index contributed by atoms with van der Waals surface area (Å²) in [6, 6.07) is 10.2. The number of benzene rings is 2. The van der Waals surface area contributed by atoms with Gasteiger partial charge in [-0.2, -0.15) is 0 Å². The van der Waals surface area contributed by atoms with Crippen LogP contribution in [0, 0.1) is 11.6 Å². The van der Waals surface area contributed by atoms with Gasteiger partial charge in [0.05, 0.1) is 25.0 Å². The number of imide groups is 1. The van der Waals surface area contributed by atoms with Crippen molar-refractivity contribution < 1.29 is 27.9 Å². The van der Waals surface area contributed by atoms with Crippen LogP contribution in [0.5, 0.6) is 0 Å². The second-order valence-corrected chi connectivity index (χ2v) is 8.69. The van der Waals surface area contributed by atoms with Crippen LogP contribution in [0.4, 0.5) is 19.3 Å². The third-order valence-corrected chi connectivity index (χ3v) is 6.56. The van der Waals surface area contributed by atoms with Crippen LogP contribution < -0.4 is 15.5 Å². The fraction of sp³-hybridized carbons (Fsp3) is 0.375. The molecule has 9 heteroatoms. The number of rotatable bonds is 4. The molecule has 2 atom stereocenters. The first-order valence-corrected chi connectivity index (χ1v) is 11.0. The van der Waals surface area contributed by atoms with Gasteiger partial charge in [-0.05, 0) is 42.5 Å². The first-order chi connectivity index (χ1) is 15.9. The Labute approximate surface area is 189 Å². The van der Waals surface area contributed by atoms with Crippen molar-refractivity contribution in [2.45, 2.75) is 43.7 Å². The molecule has 2 aliphatic heterocycles. The Hall–Kier alpha value is -3.49. The number of fused-ring (bicyclic) bond motifs is 1. The average Bonchev–Trinajstić information content (AvgIpc) is 3.14. The van der Waals surface area contributed by atoms with Gasteiger partial charge in [0.15, 0.2) is 0 Å². The lowest BCUT2D eigenvalue weighted by Crippen LogP contribution is -2.54. The first kappa shape index (κ1) is 21.4. The van der Waals surface area contributed by atoms with E-state index >= 15 is 0 Å². The fourth-order valence-corrected chi connectivity index (χ4v) is 4.81. The lowest BCUT2D eigenvalue weighted by Gasteiger charge is -2.40. The summed E-state index contributed by atoms with van der Waals surface area (Å²) in [6.07, 6.45) is 0.942. The van der Waals surface area contributed by atoms with Gasteiger partial charge >= 0.3 is 6.09 Å². The predicted molar refractivity (Wildman–Crippen MR) is 115 cm³/mol. The molecule has 5 rings (SSSR count). The number of carbonyl (C=O) groups is 3. The number of nitrogens with one attached hydrogen (secondary N) is 2. The number of hydrogen-bond acceptors (Lipinski definition) is 5. The second-order valence-electron chi connectivity index (χ2n) is 8.69. The van der Waals surface area contributed by atoms with Crippen molar-refractivity contribution in [3.8, 4) is 0 Å².